The Bertz CT molecular complexity index is 1000. The van der Waals surface area contributed by atoms with E-state index in [1.165, 1.54) is 12.1 Å². The Morgan fingerprint density at radius 2 is 1.62 bits per heavy atom. The van der Waals surface area contributed by atoms with Crippen LogP contribution in [0.2, 0.25) is 0 Å². The van der Waals surface area contributed by atoms with E-state index in [0.717, 1.165) is 29.8 Å². The number of hydrogen-bond acceptors (Lipinski definition) is 6. The third kappa shape index (κ3) is 7.49. The molecule has 0 radical (unpaired) electrons. The van der Waals surface area contributed by atoms with Crippen LogP contribution in [-0.4, -0.2) is 54.1 Å². The van der Waals surface area contributed by atoms with Crippen LogP contribution in [0.3, 0.4) is 0 Å². The van der Waals surface area contributed by atoms with Gasteiger partial charge in [0.1, 0.15) is 12.0 Å². The molecule has 0 saturated carbocycles. The topological polar surface area (TPSA) is 136 Å². The molecular formula is C17H22N2NaO7PS. The maximum absolute atomic E-state index is 12.3. The van der Waals surface area contributed by atoms with E-state index >= 15 is 0 Å². The van der Waals surface area contributed by atoms with Crippen LogP contribution in [-0.2, 0) is 20.0 Å². The van der Waals surface area contributed by atoms with Gasteiger partial charge < -0.3 is 9.42 Å². The summed E-state index contributed by atoms with van der Waals surface area (Å²) in [4.78, 5) is 19.8. The monoisotopic (exact) mass is 452 g/mol. The van der Waals surface area contributed by atoms with Gasteiger partial charge in [-0.3, -0.25) is 10.1 Å². The van der Waals surface area contributed by atoms with Crippen LogP contribution in [0.4, 0.5) is 5.69 Å². The first-order chi connectivity index (χ1) is 12.8. The van der Waals surface area contributed by atoms with Crippen LogP contribution in [0, 0.1) is 10.1 Å². The van der Waals surface area contributed by atoms with Crippen molar-refractivity contribution in [2.45, 2.75) is 31.1 Å². The molecule has 0 fully saturated rings. The molecule has 1 atom stereocenters. The maximum atomic E-state index is 12.3. The van der Waals surface area contributed by atoms with E-state index in [9.17, 15) is 28.0 Å². The van der Waals surface area contributed by atoms with Gasteiger partial charge in [-0.05, 0) is 35.2 Å². The van der Waals surface area contributed by atoms with E-state index < -0.39 is 28.8 Å². The van der Waals surface area contributed by atoms with Crippen LogP contribution in [0.25, 0.3) is 0 Å². The first-order valence-electron chi connectivity index (χ1n) is 8.16. The van der Waals surface area contributed by atoms with E-state index in [2.05, 4.69) is 0 Å². The van der Waals surface area contributed by atoms with Gasteiger partial charge in [0.15, 0.2) is 0 Å². The molecule has 2 rings (SSSR count). The number of non-ortho nitro benzene ring substituents is 1. The molecule has 0 saturated heterocycles. The van der Waals surface area contributed by atoms with E-state index in [-0.39, 0.29) is 51.3 Å². The van der Waals surface area contributed by atoms with Crippen LogP contribution in [0.1, 0.15) is 26.3 Å². The van der Waals surface area contributed by atoms with E-state index in [1.807, 2.05) is 25.5 Å². The summed E-state index contributed by atoms with van der Waals surface area (Å²) in [6.45, 7) is 5.98. The van der Waals surface area contributed by atoms with Crippen molar-refractivity contribution in [2.24, 2.45) is 0 Å². The van der Waals surface area contributed by atoms with Crippen LogP contribution < -0.4 is 9.25 Å². The van der Waals surface area contributed by atoms with Crippen molar-refractivity contribution in [1.29, 1.82) is 0 Å². The van der Waals surface area contributed by atoms with Gasteiger partial charge in [-0.25, -0.2) is 13.0 Å². The molecule has 0 aromatic heterocycles. The summed E-state index contributed by atoms with van der Waals surface area (Å²) in [5.74, 6) is -0.0924. The zero-order chi connectivity index (χ0) is 21.2. The summed E-state index contributed by atoms with van der Waals surface area (Å²) in [7, 11) is -8.38. The summed E-state index contributed by atoms with van der Waals surface area (Å²) in [6, 6.07) is 10.7. The minimum absolute atomic E-state index is 0. The fourth-order valence-corrected chi connectivity index (χ4v) is 4.72. The van der Waals surface area contributed by atoms with Crippen molar-refractivity contribution in [3.8, 4) is 5.75 Å². The predicted molar refractivity (Wildman–Crippen MR) is 111 cm³/mol. The average Bonchev–Trinajstić information content (AvgIpc) is 2.60. The summed E-state index contributed by atoms with van der Waals surface area (Å²) in [6.07, 6.45) is -0.854. The van der Waals surface area contributed by atoms with Gasteiger partial charge in [0, 0.05) is 12.1 Å². The molecule has 2 aromatic carbocycles. The Hall–Kier alpha value is -1.26. The summed E-state index contributed by atoms with van der Waals surface area (Å²) < 4.78 is 43.8. The van der Waals surface area contributed by atoms with Crippen molar-refractivity contribution in [3.63, 3.8) is 0 Å². The summed E-state index contributed by atoms with van der Waals surface area (Å²) in [5, 5.41) is 10.6. The third-order valence-corrected chi connectivity index (χ3v) is 6.47. The fraction of sp³-hybridized carbons (Fsp3) is 0.294. The molecule has 0 spiro atoms. The van der Waals surface area contributed by atoms with Crippen molar-refractivity contribution >= 4 is 52.9 Å². The first kappa shape index (κ1) is 25.8. The number of nitrogens with one attached hydrogen (secondary N) is 1. The Labute approximate surface area is 191 Å². The standard InChI is InChI=1S/C17H21N2O7PS.Na.H/c1-17(2,3)13-4-10-16(11-5-13)28(24,25)18-12-27(22,23)26-15-8-6-14(7-9-15)19(20)21;;/h4-11,18H,12H2,1-3H3,(H,22,23);;. The zero-order valence-corrected chi connectivity index (χ0v) is 17.2. The number of sulfonamides is 1. The van der Waals surface area contributed by atoms with Gasteiger partial charge in [0.2, 0.25) is 10.0 Å². The molecule has 12 heteroatoms. The minimum atomic E-state index is -4.37. The molecule has 154 valence electrons. The van der Waals surface area contributed by atoms with Crippen molar-refractivity contribution in [2.75, 3.05) is 6.29 Å². The molecule has 2 aromatic rings. The quantitative estimate of drug-likeness (QED) is 0.285. The molecule has 0 aliphatic heterocycles. The number of benzene rings is 2. The Morgan fingerprint density at radius 1 is 1.10 bits per heavy atom. The predicted octanol–water partition coefficient (Wildman–Crippen LogP) is 2.74. The Kier molecular flexibility index (Phi) is 8.62. The second-order valence-corrected chi connectivity index (χ2v) is 10.6. The molecule has 1 unspecified atom stereocenters. The third-order valence-electron chi connectivity index (χ3n) is 3.78. The van der Waals surface area contributed by atoms with Crippen molar-refractivity contribution < 1.29 is 27.3 Å². The van der Waals surface area contributed by atoms with Crippen molar-refractivity contribution in [3.05, 3.63) is 64.2 Å². The molecule has 0 aliphatic carbocycles. The molecule has 0 bridgehead atoms. The molecule has 0 amide bonds. The summed E-state index contributed by atoms with van der Waals surface area (Å²) in [5.41, 5.74) is 0.593. The molecule has 2 N–H and O–H groups in total. The van der Waals surface area contributed by atoms with Crippen LogP contribution >= 0.6 is 7.60 Å². The van der Waals surface area contributed by atoms with Gasteiger partial charge >= 0.3 is 37.2 Å². The normalized spacial score (nSPS) is 13.8. The van der Waals surface area contributed by atoms with Crippen LogP contribution in [0.5, 0.6) is 5.75 Å². The SMILES string of the molecule is CC(C)(C)c1ccc(S(=O)(=O)NCP(=O)(O)Oc2ccc([N+](=O)[O-])cc2)cc1.[NaH]. The first-order valence-corrected chi connectivity index (χ1v) is 11.4. The second-order valence-electron chi connectivity index (χ2n) is 7.06. The molecular weight excluding hydrogens is 430 g/mol. The van der Waals surface area contributed by atoms with E-state index in [0.29, 0.717) is 0 Å². The number of hydrogen-bond donors (Lipinski definition) is 2. The molecule has 9 nitrogen and oxygen atoms in total. The van der Waals surface area contributed by atoms with Gasteiger partial charge in [-0.15, -0.1) is 0 Å². The second kappa shape index (κ2) is 9.70. The van der Waals surface area contributed by atoms with Gasteiger partial charge in [-0.1, -0.05) is 32.9 Å². The van der Waals surface area contributed by atoms with Crippen LogP contribution in [0.15, 0.2) is 53.4 Å². The fourth-order valence-electron chi connectivity index (χ4n) is 2.21. The van der Waals surface area contributed by atoms with Gasteiger partial charge in [0.25, 0.3) is 5.69 Å². The summed E-state index contributed by atoms with van der Waals surface area (Å²) >= 11 is 0. The Balaban J connectivity index is 0.00000420. The van der Waals surface area contributed by atoms with Gasteiger partial charge in [-0.2, -0.15) is 4.72 Å². The average molecular weight is 452 g/mol. The number of nitro benzene ring substituents is 1. The van der Waals surface area contributed by atoms with Gasteiger partial charge in [0.05, 0.1) is 9.82 Å². The Morgan fingerprint density at radius 3 is 2.07 bits per heavy atom. The zero-order valence-electron chi connectivity index (χ0n) is 15.5. The van der Waals surface area contributed by atoms with Crippen molar-refractivity contribution in [1.82, 2.24) is 4.72 Å². The van der Waals surface area contributed by atoms with E-state index in [1.54, 1.807) is 12.1 Å². The molecule has 0 heterocycles. The number of nitro groups is 1. The number of rotatable bonds is 7. The number of nitrogens with zero attached hydrogens (tertiary/aromatic N) is 1. The van der Waals surface area contributed by atoms with E-state index in [4.69, 9.17) is 4.52 Å². The molecule has 29 heavy (non-hydrogen) atoms. The molecule has 0 aliphatic rings.